The van der Waals surface area contributed by atoms with Gasteiger partial charge in [-0.2, -0.15) is 8.78 Å². The Hall–Kier alpha value is -2.67. The number of carbonyl (C=O) groups excluding carboxylic acids is 1. The number of ether oxygens (including phenoxy) is 2. The van der Waals surface area contributed by atoms with Crippen molar-refractivity contribution in [1.29, 1.82) is 0 Å². The summed E-state index contributed by atoms with van der Waals surface area (Å²) in [6.45, 7) is 1.36. The van der Waals surface area contributed by atoms with Gasteiger partial charge in [-0.25, -0.2) is 0 Å². The lowest BCUT2D eigenvalue weighted by atomic mass is 10.1. The molecule has 0 bridgehead atoms. The number of alkyl halides is 2. The molecule has 0 radical (unpaired) electrons. The van der Waals surface area contributed by atoms with Crippen molar-refractivity contribution in [3.05, 3.63) is 59.7 Å². The van der Waals surface area contributed by atoms with Gasteiger partial charge in [-0.15, -0.1) is 0 Å². The number of carbonyl (C=O) groups is 1. The van der Waals surface area contributed by atoms with Crippen LogP contribution in [0.3, 0.4) is 0 Å². The normalized spacial score (nSPS) is 11.9. The zero-order valence-electron chi connectivity index (χ0n) is 16.2. The van der Waals surface area contributed by atoms with Gasteiger partial charge < -0.3 is 19.7 Å². The van der Waals surface area contributed by atoms with E-state index < -0.39 is 6.61 Å². The van der Waals surface area contributed by atoms with E-state index in [-0.39, 0.29) is 11.7 Å². The number of halogens is 2. The van der Waals surface area contributed by atoms with E-state index in [0.29, 0.717) is 26.1 Å². The second kappa shape index (κ2) is 11.2. The van der Waals surface area contributed by atoms with Crippen molar-refractivity contribution in [3.8, 4) is 11.5 Å². The van der Waals surface area contributed by atoms with Crippen molar-refractivity contribution < 1.29 is 27.9 Å². The van der Waals surface area contributed by atoms with Gasteiger partial charge in [0.1, 0.15) is 18.0 Å². The van der Waals surface area contributed by atoms with Crippen molar-refractivity contribution in [3.63, 3.8) is 0 Å². The Balaban J connectivity index is 1.68. The molecule has 0 heterocycles. The predicted molar refractivity (Wildman–Crippen MR) is 103 cm³/mol. The molecule has 2 aromatic rings. The van der Waals surface area contributed by atoms with E-state index in [1.165, 1.54) is 12.1 Å². The molecule has 28 heavy (non-hydrogen) atoms. The molecule has 0 spiro atoms. The lowest BCUT2D eigenvalue weighted by Crippen LogP contribution is -3.08. The van der Waals surface area contributed by atoms with Gasteiger partial charge in [-0.1, -0.05) is 12.1 Å². The molecular formula is C21H27F2N2O3+. The lowest BCUT2D eigenvalue weighted by molar-refractivity contribution is -0.885. The maximum absolute atomic E-state index is 12.1. The Labute approximate surface area is 164 Å². The van der Waals surface area contributed by atoms with E-state index in [4.69, 9.17) is 4.74 Å². The van der Waals surface area contributed by atoms with Gasteiger partial charge in [0.05, 0.1) is 13.7 Å². The Morgan fingerprint density at radius 1 is 1.04 bits per heavy atom. The van der Waals surface area contributed by atoms with Gasteiger partial charge in [0.2, 0.25) is 0 Å². The van der Waals surface area contributed by atoms with E-state index in [0.717, 1.165) is 28.3 Å². The number of hydrogen-bond donors (Lipinski definition) is 2. The average molecular weight is 393 g/mol. The molecule has 0 aliphatic rings. The van der Waals surface area contributed by atoms with E-state index in [1.807, 2.05) is 38.2 Å². The molecule has 0 saturated carbocycles. The first-order valence-corrected chi connectivity index (χ1v) is 9.29. The summed E-state index contributed by atoms with van der Waals surface area (Å²) in [5.74, 6) is 0.943. The number of quaternary nitrogens is 1. The monoisotopic (exact) mass is 393 g/mol. The van der Waals surface area contributed by atoms with Gasteiger partial charge in [-0.3, -0.25) is 4.79 Å². The summed E-state index contributed by atoms with van der Waals surface area (Å²) in [5, 5.41) is 2.89. The van der Waals surface area contributed by atoms with Crippen LogP contribution in [0.1, 0.15) is 18.1 Å². The first kappa shape index (κ1) is 21.6. The van der Waals surface area contributed by atoms with Gasteiger partial charge in [0.15, 0.2) is 6.54 Å². The fourth-order valence-corrected chi connectivity index (χ4v) is 2.80. The van der Waals surface area contributed by atoms with Crippen LogP contribution < -0.4 is 19.7 Å². The van der Waals surface area contributed by atoms with Crippen LogP contribution in [-0.2, 0) is 17.8 Å². The summed E-state index contributed by atoms with van der Waals surface area (Å²) in [6, 6.07) is 14.3. The van der Waals surface area contributed by atoms with Gasteiger partial charge in [0, 0.05) is 12.1 Å². The summed E-state index contributed by atoms with van der Waals surface area (Å²) in [7, 11) is 1.97. The van der Waals surface area contributed by atoms with E-state index >= 15 is 0 Å². The van der Waals surface area contributed by atoms with E-state index in [1.54, 1.807) is 12.1 Å². The molecule has 2 N–H and O–H groups in total. The minimum absolute atomic E-state index is 0.0268. The molecule has 2 aromatic carbocycles. The minimum atomic E-state index is -2.83. The molecule has 0 aliphatic heterocycles. The van der Waals surface area contributed by atoms with Crippen molar-refractivity contribution in [2.75, 3.05) is 26.7 Å². The quantitative estimate of drug-likeness (QED) is 0.615. The Morgan fingerprint density at radius 2 is 1.64 bits per heavy atom. The number of likely N-dealkylation sites (N-methyl/N-ethyl adjacent to an activating group) is 1. The molecule has 0 saturated heterocycles. The molecular weight excluding hydrogens is 366 g/mol. The highest BCUT2D eigenvalue weighted by atomic mass is 19.3. The lowest BCUT2D eigenvalue weighted by Gasteiger charge is -2.14. The second-order valence-electron chi connectivity index (χ2n) is 6.51. The summed E-state index contributed by atoms with van der Waals surface area (Å²) in [6.07, 6.45) is 0.624. The molecule has 1 atom stereocenters. The van der Waals surface area contributed by atoms with Crippen LogP contribution in [-0.4, -0.2) is 39.3 Å². The van der Waals surface area contributed by atoms with Crippen LogP contribution in [0.2, 0.25) is 0 Å². The molecule has 2 rings (SSSR count). The maximum atomic E-state index is 12.1. The van der Waals surface area contributed by atoms with Crippen LogP contribution >= 0.6 is 0 Å². The van der Waals surface area contributed by atoms with Crippen LogP contribution in [0.25, 0.3) is 0 Å². The van der Waals surface area contributed by atoms with Crippen LogP contribution in [0.5, 0.6) is 11.5 Å². The number of rotatable bonds is 11. The van der Waals surface area contributed by atoms with Gasteiger partial charge in [-0.05, 0) is 55.3 Å². The van der Waals surface area contributed by atoms with Crippen molar-refractivity contribution in [2.45, 2.75) is 26.5 Å². The number of nitrogens with one attached hydrogen (secondary N) is 2. The highest BCUT2D eigenvalue weighted by Crippen LogP contribution is 2.15. The number of benzene rings is 2. The Kier molecular flexibility index (Phi) is 8.68. The first-order valence-electron chi connectivity index (χ1n) is 9.29. The molecule has 152 valence electrons. The largest absolute Gasteiger partial charge is 0.494 e. The summed E-state index contributed by atoms with van der Waals surface area (Å²) in [4.78, 5) is 13.2. The smallest absolute Gasteiger partial charge is 0.387 e. The molecule has 7 heteroatoms. The predicted octanol–water partition coefficient (Wildman–Crippen LogP) is 2.06. The standard InChI is InChI=1S/C21H26F2N2O3/c1-3-27-18-8-6-17(7-9-18)14-25(2)15-20(26)24-13-12-16-4-10-19(11-5-16)28-21(22)23/h4-11,21H,3,12-15H2,1-2H3,(H,24,26)/p+1. The first-order chi connectivity index (χ1) is 13.5. The van der Waals surface area contributed by atoms with E-state index in [9.17, 15) is 13.6 Å². The fourth-order valence-electron chi connectivity index (χ4n) is 2.80. The van der Waals surface area contributed by atoms with E-state index in [2.05, 4.69) is 10.1 Å². The zero-order chi connectivity index (χ0) is 20.4. The summed E-state index contributed by atoms with van der Waals surface area (Å²) in [5.41, 5.74) is 2.08. The fraction of sp³-hybridized carbons (Fsp3) is 0.381. The van der Waals surface area contributed by atoms with Crippen LogP contribution in [0, 0.1) is 0 Å². The highest BCUT2D eigenvalue weighted by Gasteiger charge is 2.10. The molecule has 0 aromatic heterocycles. The Morgan fingerprint density at radius 3 is 2.25 bits per heavy atom. The SMILES string of the molecule is CCOc1ccc(C[NH+](C)CC(=O)NCCc2ccc(OC(F)F)cc2)cc1. The van der Waals surface area contributed by atoms with Crippen molar-refractivity contribution >= 4 is 5.91 Å². The van der Waals surface area contributed by atoms with Crippen LogP contribution in [0.15, 0.2) is 48.5 Å². The molecule has 5 nitrogen and oxygen atoms in total. The Bertz CT molecular complexity index is 721. The second-order valence-corrected chi connectivity index (χ2v) is 6.51. The topological polar surface area (TPSA) is 52.0 Å². The average Bonchev–Trinajstić information content (AvgIpc) is 2.64. The van der Waals surface area contributed by atoms with Crippen molar-refractivity contribution in [2.24, 2.45) is 0 Å². The highest BCUT2D eigenvalue weighted by molar-refractivity contribution is 5.76. The molecule has 0 fully saturated rings. The third-order valence-electron chi connectivity index (χ3n) is 4.09. The molecule has 1 amide bonds. The minimum Gasteiger partial charge on any atom is -0.494 e. The summed E-state index contributed by atoms with van der Waals surface area (Å²) >= 11 is 0. The molecule has 1 unspecified atom stereocenters. The van der Waals surface area contributed by atoms with Crippen molar-refractivity contribution in [1.82, 2.24) is 5.32 Å². The third kappa shape index (κ3) is 7.92. The van der Waals surface area contributed by atoms with Crippen LogP contribution in [0.4, 0.5) is 8.78 Å². The maximum Gasteiger partial charge on any atom is 0.387 e. The number of amides is 1. The summed E-state index contributed by atoms with van der Waals surface area (Å²) < 4.78 is 34.0. The molecule has 0 aliphatic carbocycles. The third-order valence-corrected chi connectivity index (χ3v) is 4.09. The zero-order valence-corrected chi connectivity index (χ0v) is 16.2. The number of hydrogen-bond acceptors (Lipinski definition) is 3. The van der Waals surface area contributed by atoms with Gasteiger partial charge in [0.25, 0.3) is 5.91 Å². The van der Waals surface area contributed by atoms with Gasteiger partial charge >= 0.3 is 6.61 Å².